The van der Waals surface area contributed by atoms with Crippen LogP contribution in [0.4, 0.5) is 0 Å². The summed E-state index contributed by atoms with van der Waals surface area (Å²) < 4.78 is 0. The molecule has 650 valence electrons. The van der Waals surface area contributed by atoms with E-state index in [0.717, 1.165) is 13.8 Å². The first-order valence-electron chi connectivity index (χ1n) is 36.5. The van der Waals surface area contributed by atoms with E-state index in [1.54, 1.807) is 58.0 Å². The molecule has 31 N–H and O–H groups in total. The Kier molecular flexibility index (Phi) is 47.4. The topological polar surface area (TPSA) is 767 Å². The molecular weight excluding hydrogens is 1560 g/mol. The van der Waals surface area contributed by atoms with E-state index >= 15 is 0 Å². The van der Waals surface area contributed by atoms with Crippen molar-refractivity contribution >= 4 is 131 Å². The molecule has 0 fully saturated rings. The predicted molar refractivity (Wildman–Crippen MR) is 411 cm³/mol. The number of aliphatic carboxylic acids is 1. The highest BCUT2D eigenvalue weighted by Crippen LogP contribution is 2.12. The summed E-state index contributed by atoms with van der Waals surface area (Å²) in [6.45, 7) is 3.99. The van der Waals surface area contributed by atoms with E-state index in [1.807, 2.05) is 0 Å². The molecule has 18 amide bonds. The molecule has 47 nitrogen and oxygen atoms in total. The van der Waals surface area contributed by atoms with Crippen molar-refractivity contribution in [2.45, 2.75) is 191 Å². The van der Waals surface area contributed by atoms with Crippen molar-refractivity contribution < 1.29 is 122 Å². The van der Waals surface area contributed by atoms with Crippen LogP contribution < -0.4 is 113 Å². The number of carboxylic acids is 1. The lowest BCUT2D eigenvalue weighted by Crippen LogP contribution is -2.61. The maximum Gasteiger partial charge on any atom is 0.328 e. The van der Waals surface area contributed by atoms with Gasteiger partial charge in [-0.1, -0.05) is 58.0 Å². The Morgan fingerprint density at radius 2 is 0.767 bits per heavy atom. The van der Waals surface area contributed by atoms with E-state index in [-0.39, 0.29) is 69.3 Å². The summed E-state index contributed by atoms with van der Waals surface area (Å²) in [5.41, 5.74) is 22.3. The van der Waals surface area contributed by atoms with E-state index in [1.165, 1.54) is 13.8 Å². The van der Waals surface area contributed by atoms with Crippen LogP contribution in [-0.2, 0) is 97.5 Å². The molecule has 0 radical (unpaired) electrons. The molecule has 1 aromatic rings. The fourth-order valence-electron chi connectivity index (χ4n) is 9.96. The van der Waals surface area contributed by atoms with Gasteiger partial charge in [0.1, 0.15) is 78.5 Å². The second-order valence-electron chi connectivity index (χ2n) is 27.3. The summed E-state index contributed by atoms with van der Waals surface area (Å²) >= 11 is 4.12. The van der Waals surface area contributed by atoms with Gasteiger partial charge in [-0.25, -0.2) is 4.79 Å². The fraction of sp³-hybridized carbons (Fsp3) is 0.618. The Bertz CT molecular complexity index is 3580. The first kappa shape index (κ1) is 103. The van der Waals surface area contributed by atoms with Crippen LogP contribution in [0.2, 0.25) is 0 Å². The van der Waals surface area contributed by atoms with Gasteiger partial charge in [0, 0.05) is 25.1 Å². The van der Waals surface area contributed by atoms with Crippen molar-refractivity contribution in [1.82, 2.24) is 90.4 Å². The monoisotopic (exact) mass is 1670 g/mol. The molecule has 0 unspecified atom stereocenters. The first-order valence-corrected chi connectivity index (χ1v) is 37.2. The third kappa shape index (κ3) is 40.0. The molecule has 0 aromatic heterocycles. The third-order valence-electron chi connectivity index (χ3n) is 16.4. The summed E-state index contributed by atoms with van der Waals surface area (Å²) in [6, 6.07) is -13.6. The van der Waals surface area contributed by atoms with Crippen molar-refractivity contribution in [3.63, 3.8) is 0 Å². The lowest BCUT2D eigenvalue weighted by atomic mass is 10.0. The zero-order valence-corrected chi connectivity index (χ0v) is 66.3. The molecule has 0 saturated carbocycles. The maximum atomic E-state index is 14.3. The fourth-order valence-corrected chi connectivity index (χ4v) is 10.2. The zero-order chi connectivity index (χ0) is 88.2. The van der Waals surface area contributed by atoms with Crippen molar-refractivity contribution in [3.8, 4) is 0 Å². The van der Waals surface area contributed by atoms with E-state index in [2.05, 4.69) is 108 Å². The number of amides is 18. The minimum Gasteiger partial charge on any atom is -0.480 e. The number of rotatable bonds is 54. The number of carbonyl (C=O) groups is 19. The van der Waals surface area contributed by atoms with Crippen LogP contribution in [0.25, 0.3) is 0 Å². The van der Waals surface area contributed by atoms with Crippen molar-refractivity contribution in [2.75, 3.05) is 64.9 Å². The number of carbonyl (C=O) groups excluding carboxylic acids is 18. The molecule has 1 aromatic carbocycles. The molecule has 15 atom stereocenters. The molecule has 0 aliphatic carbocycles. The molecule has 0 aliphatic rings. The number of nitrogens with zero attached hydrogens (tertiary/aromatic N) is 1. The SMILES string of the molecule is CC(C)C[C@H](NC(=O)[C@H](CO)NC(=O)CNC(=O)CNC(=O)[C@H](C)NC(=O)[C@@H](N)CCC(N)=O)C(=O)N[C@@H](CCCN=C(N)N)C(=O)N[C@@H](CC(C)C)C(=O)N[C@@H](CO)C(=O)N[C@@H](CS)C(=O)N[C@@H](C)C(=O)N[C@@H](C)C(=O)N[C@@H](CO)C(=O)NCC(=O)NCC(=O)N[C@H](C(=O)N[C@@H](Cc1ccccc1)C(=O)N[C@@H](CO)C(=O)O)[C@@H](C)O. The summed E-state index contributed by atoms with van der Waals surface area (Å²) in [4.78, 5) is 251. The highest BCUT2D eigenvalue weighted by molar-refractivity contribution is 7.80. The number of aliphatic imine (C=N–C) groups is 1. The lowest BCUT2D eigenvalue weighted by Gasteiger charge is -2.28. The minimum atomic E-state index is -1.83. The van der Waals surface area contributed by atoms with Crippen LogP contribution in [0.15, 0.2) is 35.3 Å². The molecule has 0 aliphatic heterocycles. The van der Waals surface area contributed by atoms with Crippen LogP contribution in [-0.4, -0.2) is 304 Å². The Hall–Kier alpha value is -11.5. The third-order valence-corrected chi connectivity index (χ3v) is 16.7. The van der Waals surface area contributed by atoms with Gasteiger partial charge in [-0.3, -0.25) is 91.3 Å². The summed E-state index contributed by atoms with van der Waals surface area (Å²) in [5.74, 6) is -21.0. The second-order valence-corrected chi connectivity index (χ2v) is 27.7. The van der Waals surface area contributed by atoms with Crippen LogP contribution >= 0.6 is 12.6 Å². The van der Waals surface area contributed by atoms with E-state index < -0.39 is 261 Å². The van der Waals surface area contributed by atoms with Crippen LogP contribution in [0.1, 0.15) is 99.5 Å². The van der Waals surface area contributed by atoms with Gasteiger partial charge >= 0.3 is 5.97 Å². The number of aliphatic hydroxyl groups is 5. The first-order chi connectivity index (χ1) is 54.4. The molecular formula is C68H112N22O25S. The molecule has 116 heavy (non-hydrogen) atoms. The molecule has 0 heterocycles. The van der Waals surface area contributed by atoms with Gasteiger partial charge in [0.2, 0.25) is 106 Å². The molecule has 1 rings (SSSR count). The minimum absolute atomic E-state index is 0.0300. The molecule has 0 spiro atoms. The highest BCUT2D eigenvalue weighted by Gasteiger charge is 2.37. The van der Waals surface area contributed by atoms with E-state index in [4.69, 9.17) is 22.9 Å². The largest absolute Gasteiger partial charge is 0.480 e. The number of hydrogen-bond acceptors (Lipinski definition) is 27. The number of nitrogens with one attached hydrogen (secondary N) is 17. The van der Waals surface area contributed by atoms with Crippen LogP contribution in [0, 0.1) is 11.8 Å². The number of thiol groups is 1. The van der Waals surface area contributed by atoms with Gasteiger partial charge in [0.15, 0.2) is 5.96 Å². The predicted octanol–water partition coefficient (Wildman–Crippen LogP) is -13.8. The van der Waals surface area contributed by atoms with Crippen molar-refractivity contribution in [1.29, 1.82) is 0 Å². The van der Waals surface area contributed by atoms with Crippen molar-refractivity contribution in [3.05, 3.63) is 35.9 Å². The van der Waals surface area contributed by atoms with Crippen LogP contribution in [0.3, 0.4) is 0 Å². The zero-order valence-electron chi connectivity index (χ0n) is 65.4. The number of carboxylic acid groups (broad SMARTS) is 1. The standard InChI is InChI=1S/C68H112N22O25S/c1-31(2)19-40(84-63(110)44(27-92)81-51(99)24-74-49(97)22-76-54(101)33(5)79-57(104)38(69)16-17-48(70)96)60(107)82-39(15-12-18-73-68(71)72)59(106)83-41(20-32(3)4)61(108)87-45(28-93)64(111)89-47(30-116)65(112)80-34(6)55(102)78-35(7)56(103)86-43(26-91)58(105)77-23-50(98)75-25-52(100)90-53(36(8)95)66(113)85-42(21-37-13-10-9-11-14-37)62(109)88-46(29-94)67(114)115/h9-11,13-14,31-36,38-47,53,91-95,116H,12,15-30,69H2,1-8H3,(H2,70,96)(H,74,97)(H,75,98)(H,76,101)(H,77,105)(H,78,102)(H,79,104)(H,80,112)(H,81,99)(H,82,107)(H,83,106)(H,84,110)(H,85,113)(H,86,103)(H,87,108)(H,88,109)(H,89,111)(H,90,100)(H,114,115)(H4,71,72,73)/t33-,34-,35-,36+,38-,39-,40-,41-,42-,43-,44-,45-,46-,47-,53-/m0/s1. The highest BCUT2D eigenvalue weighted by atomic mass is 32.1. The number of benzene rings is 1. The van der Waals surface area contributed by atoms with Gasteiger partial charge < -0.3 is 144 Å². The quantitative estimate of drug-likeness (QED) is 0.0125. The maximum absolute atomic E-state index is 14.3. The Morgan fingerprint density at radius 1 is 0.397 bits per heavy atom. The normalized spacial score (nSPS) is 14.8. The smallest absolute Gasteiger partial charge is 0.328 e. The Balaban J connectivity index is 3.04. The molecule has 0 saturated heterocycles. The Morgan fingerprint density at radius 3 is 1.24 bits per heavy atom. The molecule has 48 heteroatoms. The second kappa shape index (κ2) is 53.6. The number of primary amides is 1. The summed E-state index contributed by atoms with van der Waals surface area (Å²) in [5, 5.41) is 98.3. The number of hydrogen-bond donors (Lipinski definition) is 28. The number of nitrogens with two attached hydrogens (primary N) is 4. The van der Waals surface area contributed by atoms with Crippen LogP contribution in [0.5, 0.6) is 0 Å². The average Bonchev–Trinajstić information content (AvgIpc) is 0.832. The van der Waals surface area contributed by atoms with Crippen molar-refractivity contribution in [2.24, 2.45) is 39.8 Å². The summed E-state index contributed by atoms with van der Waals surface area (Å²) in [7, 11) is 0. The van der Waals surface area contributed by atoms with Gasteiger partial charge in [-0.05, 0) is 77.2 Å². The molecule has 0 bridgehead atoms. The van der Waals surface area contributed by atoms with E-state index in [0.29, 0.717) is 5.56 Å². The van der Waals surface area contributed by atoms with E-state index in [9.17, 15) is 122 Å². The Labute approximate surface area is 672 Å². The summed E-state index contributed by atoms with van der Waals surface area (Å²) in [6.07, 6.45) is -2.48. The van der Waals surface area contributed by atoms with Gasteiger partial charge in [-0.15, -0.1) is 0 Å². The van der Waals surface area contributed by atoms with Gasteiger partial charge in [0.05, 0.1) is 64.8 Å². The number of guanidine groups is 1. The van der Waals surface area contributed by atoms with Gasteiger partial charge in [0.25, 0.3) is 0 Å². The average molecular weight is 1670 g/mol. The lowest BCUT2D eigenvalue weighted by molar-refractivity contribution is -0.143. The number of aliphatic hydroxyl groups excluding tert-OH is 5. The van der Waals surface area contributed by atoms with Gasteiger partial charge in [-0.2, -0.15) is 12.6 Å².